The minimum atomic E-state index is -0.525. The minimum absolute atomic E-state index is 0.348. The fourth-order valence-electron chi connectivity index (χ4n) is 2.18. The number of halogens is 1. The van der Waals surface area contributed by atoms with Gasteiger partial charge in [0.25, 0.3) is 5.91 Å². The Hall–Kier alpha value is -2.01. The second kappa shape index (κ2) is 3.24. The van der Waals surface area contributed by atoms with E-state index in [-0.39, 0.29) is 0 Å². The van der Waals surface area contributed by atoms with Gasteiger partial charge in [-0.05, 0) is 12.1 Å². The molecule has 86 valence electrons. The number of primary amides is 1. The van der Waals surface area contributed by atoms with Crippen molar-refractivity contribution in [1.82, 2.24) is 14.8 Å². The highest BCUT2D eigenvalue weighted by molar-refractivity contribution is 6.36. The third-order valence-corrected chi connectivity index (χ3v) is 3.39. The Bertz CT molecular complexity index is 756. The summed E-state index contributed by atoms with van der Waals surface area (Å²) >= 11 is 6.13. The van der Waals surface area contributed by atoms with Crippen molar-refractivity contribution in [3.05, 3.63) is 29.0 Å². The van der Waals surface area contributed by atoms with E-state index in [1.165, 1.54) is 0 Å². The number of carbonyl (C=O) groups excluding carboxylic acids is 1. The van der Waals surface area contributed by atoms with Crippen LogP contribution in [0.2, 0.25) is 5.15 Å². The van der Waals surface area contributed by atoms with Crippen molar-refractivity contribution in [2.45, 2.75) is 0 Å². The van der Waals surface area contributed by atoms with Crippen LogP contribution in [0.5, 0.6) is 0 Å². The number of H-pyrrole nitrogens is 1. The van der Waals surface area contributed by atoms with E-state index in [1.807, 2.05) is 12.1 Å². The van der Waals surface area contributed by atoms with Crippen molar-refractivity contribution in [3.63, 3.8) is 0 Å². The number of fused-ring (bicyclic) bond motifs is 3. The number of hydrogen-bond donors (Lipinski definition) is 2. The summed E-state index contributed by atoms with van der Waals surface area (Å²) in [6.45, 7) is 0. The standard InChI is InChI=1S/C11H9ClN4O/c1-16-9-5(8(10(16)12)11(13)17)2-3-7-6(9)4-14-15-7/h2-4H,1H3,(H2,13,17)(H,14,15). The zero-order valence-electron chi connectivity index (χ0n) is 8.99. The molecule has 6 heteroatoms. The smallest absolute Gasteiger partial charge is 0.252 e. The van der Waals surface area contributed by atoms with Gasteiger partial charge >= 0.3 is 0 Å². The van der Waals surface area contributed by atoms with Crippen LogP contribution in [0.15, 0.2) is 18.3 Å². The van der Waals surface area contributed by atoms with Crippen LogP contribution in [-0.4, -0.2) is 20.7 Å². The molecule has 1 aromatic carbocycles. The molecule has 0 bridgehead atoms. The average Bonchev–Trinajstić information content (AvgIpc) is 2.83. The number of amides is 1. The highest BCUT2D eigenvalue weighted by Gasteiger charge is 2.19. The van der Waals surface area contributed by atoms with Crippen LogP contribution >= 0.6 is 11.6 Å². The van der Waals surface area contributed by atoms with E-state index >= 15 is 0 Å². The number of aryl methyl sites for hydroxylation is 1. The van der Waals surface area contributed by atoms with Gasteiger partial charge in [0.15, 0.2) is 0 Å². The normalized spacial score (nSPS) is 11.4. The lowest BCUT2D eigenvalue weighted by atomic mass is 10.1. The molecule has 0 aliphatic carbocycles. The molecule has 3 aromatic rings. The van der Waals surface area contributed by atoms with Crippen LogP contribution in [0.1, 0.15) is 10.4 Å². The molecule has 1 amide bonds. The fraction of sp³-hybridized carbons (Fsp3) is 0.0909. The van der Waals surface area contributed by atoms with E-state index in [2.05, 4.69) is 10.2 Å². The molecule has 0 saturated heterocycles. The summed E-state index contributed by atoms with van der Waals surface area (Å²) in [5.41, 5.74) is 7.46. The number of aromatic amines is 1. The molecule has 3 rings (SSSR count). The van der Waals surface area contributed by atoms with Gasteiger partial charge in [0.1, 0.15) is 5.15 Å². The topological polar surface area (TPSA) is 76.7 Å². The number of nitrogens with zero attached hydrogens (tertiary/aromatic N) is 2. The second-order valence-corrected chi connectivity index (χ2v) is 4.24. The zero-order valence-corrected chi connectivity index (χ0v) is 9.75. The number of nitrogens with two attached hydrogens (primary N) is 1. The quantitative estimate of drug-likeness (QED) is 0.689. The van der Waals surface area contributed by atoms with Crippen molar-refractivity contribution in [1.29, 1.82) is 0 Å². The number of benzene rings is 1. The molecule has 0 unspecified atom stereocenters. The third kappa shape index (κ3) is 1.20. The van der Waals surface area contributed by atoms with Crippen molar-refractivity contribution >= 4 is 39.3 Å². The molecule has 0 aliphatic heterocycles. The van der Waals surface area contributed by atoms with E-state index in [9.17, 15) is 4.79 Å². The zero-order chi connectivity index (χ0) is 12.2. The molecule has 2 heterocycles. The Kier molecular flexibility index (Phi) is 1.94. The van der Waals surface area contributed by atoms with E-state index in [0.29, 0.717) is 10.7 Å². The highest BCUT2D eigenvalue weighted by Crippen LogP contribution is 2.33. The van der Waals surface area contributed by atoms with Crippen LogP contribution in [0.25, 0.3) is 21.8 Å². The van der Waals surface area contributed by atoms with Crippen molar-refractivity contribution in [3.8, 4) is 0 Å². The van der Waals surface area contributed by atoms with Crippen LogP contribution in [0.3, 0.4) is 0 Å². The van der Waals surface area contributed by atoms with Crippen molar-refractivity contribution in [2.24, 2.45) is 12.8 Å². The van der Waals surface area contributed by atoms with Crippen LogP contribution in [0, 0.1) is 0 Å². The van der Waals surface area contributed by atoms with E-state index < -0.39 is 5.91 Å². The third-order valence-electron chi connectivity index (χ3n) is 2.95. The summed E-state index contributed by atoms with van der Waals surface area (Å²) in [6, 6.07) is 3.68. The van der Waals surface area contributed by atoms with Crippen LogP contribution < -0.4 is 5.73 Å². The van der Waals surface area contributed by atoms with Gasteiger partial charge in [0.05, 0.1) is 22.8 Å². The van der Waals surface area contributed by atoms with Gasteiger partial charge in [-0.15, -0.1) is 0 Å². The Morgan fingerprint density at radius 3 is 2.94 bits per heavy atom. The van der Waals surface area contributed by atoms with Gasteiger partial charge in [-0.1, -0.05) is 11.6 Å². The van der Waals surface area contributed by atoms with Gasteiger partial charge in [-0.2, -0.15) is 5.10 Å². The molecule has 0 fully saturated rings. The van der Waals surface area contributed by atoms with Crippen molar-refractivity contribution < 1.29 is 4.79 Å². The first-order valence-corrected chi connectivity index (χ1v) is 5.39. The maximum atomic E-state index is 11.4. The number of rotatable bonds is 1. The van der Waals surface area contributed by atoms with Gasteiger partial charge in [-0.25, -0.2) is 0 Å². The lowest BCUT2D eigenvalue weighted by molar-refractivity contribution is 0.100. The predicted molar refractivity (Wildman–Crippen MR) is 66.1 cm³/mol. The first kappa shape index (κ1) is 10.2. The summed E-state index contributed by atoms with van der Waals surface area (Å²) in [6.07, 6.45) is 1.71. The fourth-order valence-corrected chi connectivity index (χ4v) is 2.46. The molecule has 0 atom stereocenters. The van der Waals surface area contributed by atoms with Gasteiger partial charge in [0.2, 0.25) is 0 Å². The van der Waals surface area contributed by atoms with E-state index in [1.54, 1.807) is 17.8 Å². The van der Waals surface area contributed by atoms with Crippen LogP contribution in [-0.2, 0) is 7.05 Å². The number of aromatic nitrogens is 3. The largest absolute Gasteiger partial charge is 0.365 e. The Morgan fingerprint density at radius 2 is 2.24 bits per heavy atom. The average molecular weight is 249 g/mol. The molecular formula is C11H9ClN4O. The number of hydrogen-bond acceptors (Lipinski definition) is 2. The monoisotopic (exact) mass is 248 g/mol. The number of carbonyl (C=O) groups is 1. The first-order valence-electron chi connectivity index (χ1n) is 5.01. The molecule has 17 heavy (non-hydrogen) atoms. The van der Waals surface area contributed by atoms with E-state index in [4.69, 9.17) is 17.3 Å². The summed E-state index contributed by atoms with van der Waals surface area (Å²) in [5, 5.41) is 8.87. The Labute approximate surface area is 101 Å². The summed E-state index contributed by atoms with van der Waals surface area (Å²) in [5.74, 6) is -0.525. The lowest BCUT2D eigenvalue weighted by Crippen LogP contribution is -2.11. The maximum absolute atomic E-state index is 11.4. The summed E-state index contributed by atoms with van der Waals surface area (Å²) in [7, 11) is 1.80. The molecule has 0 radical (unpaired) electrons. The maximum Gasteiger partial charge on any atom is 0.252 e. The molecule has 0 spiro atoms. The van der Waals surface area contributed by atoms with Crippen LogP contribution in [0.4, 0.5) is 0 Å². The summed E-state index contributed by atoms with van der Waals surface area (Å²) < 4.78 is 1.74. The van der Waals surface area contributed by atoms with Gasteiger partial charge in [0, 0.05) is 17.8 Å². The minimum Gasteiger partial charge on any atom is -0.365 e. The first-order chi connectivity index (χ1) is 8.11. The van der Waals surface area contributed by atoms with Gasteiger partial charge in [-0.3, -0.25) is 9.89 Å². The Morgan fingerprint density at radius 1 is 1.47 bits per heavy atom. The SMILES string of the molecule is Cn1c(Cl)c(C(N)=O)c2ccc3[nH]ncc3c21. The number of nitrogens with one attached hydrogen (secondary N) is 1. The molecule has 3 N–H and O–H groups in total. The lowest BCUT2D eigenvalue weighted by Gasteiger charge is -1.98. The molecule has 0 aliphatic rings. The molecular weight excluding hydrogens is 240 g/mol. The highest BCUT2D eigenvalue weighted by atomic mass is 35.5. The van der Waals surface area contributed by atoms with Crippen molar-refractivity contribution in [2.75, 3.05) is 0 Å². The Balaban J connectivity index is 2.61. The van der Waals surface area contributed by atoms with Gasteiger partial charge < -0.3 is 10.3 Å². The summed E-state index contributed by atoms with van der Waals surface area (Å²) in [4.78, 5) is 11.4. The predicted octanol–water partition coefficient (Wildman–Crippen LogP) is 1.81. The molecule has 2 aromatic heterocycles. The second-order valence-electron chi connectivity index (χ2n) is 3.88. The molecule has 5 nitrogen and oxygen atoms in total. The van der Waals surface area contributed by atoms with E-state index in [0.717, 1.165) is 21.8 Å². The molecule has 0 saturated carbocycles.